The molecular formula is C16H25NO5. The van der Waals surface area contributed by atoms with E-state index in [0.717, 1.165) is 17.1 Å². The maximum Gasteiger partial charge on any atom is 0.307 e. The van der Waals surface area contributed by atoms with Crippen LogP contribution in [-0.2, 0) is 19.1 Å². The zero-order valence-corrected chi connectivity index (χ0v) is 14.0. The molecule has 0 N–H and O–H groups in total. The molecule has 1 aromatic heterocycles. The van der Waals surface area contributed by atoms with Gasteiger partial charge in [-0.15, -0.1) is 0 Å². The standard InChI is InChI=1S/C16H25NO5/c1-11-10-14(13(3)22-11)12(2)16(19)17(8-9-20-4)7-6-15(18)21-5/h10,12H,6-9H2,1-5H3. The molecule has 1 unspecified atom stereocenters. The van der Waals surface area contributed by atoms with E-state index in [1.807, 2.05) is 26.8 Å². The Morgan fingerprint density at radius 3 is 2.45 bits per heavy atom. The Hall–Kier alpha value is -1.82. The van der Waals surface area contributed by atoms with Crippen molar-refractivity contribution in [3.63, 3.8) is 0 Å². The van der Waals surface area contributed by atoms with Crippen LogP contribution in [0.15, 0.2) is 10.5 Å². The summed E-state index contributed by atoms with van der Waals surface area (Å²) >= 11 is 0. The predicted octanol–water partition coefficient (Wildman–Crippen LogP) is 2.04. The number of amides is 1. The van der Waals surface area contributed by atoms with Crippen molar-refractivity contribution in [2.45, 2.75) is 33.1 Å². The molecule has 0 saturated heterocycles. The Balaban J connectivity index is 2.80. The zero-order valence-electron chi connectivity index (χ0n) is 14.0. The first-order valence-corrected chi connectivity index (χ1v) is 7.32. The van der Waals surface area contributed by atoms with Gasteiger partial charge in [-0.3, -0.25) is 9.59 Å². The molecule has 1 rings (SSSR count). The van der Waals surface area contributed by atoms with Crippen LogP contribution in [0.1, 0.15) is 36.3 Å². The number of furan rings is 1. The van der Waals surface area contributed by atoms with Crippen LogP contribution in [0.4, 0.5) is 0 Å². The average Bonchev–Trinajstić information content (AvgIpc) is 2.84. The molecule has 1 amide bonds. The summed E-state index contributed by atoms with van der Waals surface area (Å²) in [5.74, 6) is 0.818. The van der Waals surface area contributed by atoms with E-state index in [0.29, 0.717) is 19.7 Å². The van der Waals surface area contributed by atoms with Crippen LogP contribution in [-0.4, -0.2) is 50.7 Å². The molecule has 0 aliphatic heterocycles. The number of rotatable bonds is 8. The first-order valence-electron chi connectivity index (χ1n) is 7.32. The van der Waals surface area contributed by atoms with Crippen molar-refractivity contribution < 1.29 is 23.5 Å². The fourth-order valence-corrected chi connectivity index (χ4v) is 2.35. The molecule has 1 heterocycles. The molecule has 0 aromatic carbocycles. The van der Waals surface area contributed by atoms with E-state index in [-0.39, 0.29) is 24.2 Å². The molecule has 124 valence electrons. The third-order valence-corrected chi connectivity index (χ3v) is 3.61. The molecule has 0 radical (unpaired) electrons. The Kier molecular flexibility index (Phi) is 7.11. The van der Waals surface area contributed by atoms with Crippen molar-refractivity contribution >= 4 is 11.9 Å². The maximum atomic E-state index is 12.7. The van der Waals surface area contributed by atoms with Crippen molar-refractivity contribution in [3.05, 3.63) is 23.2 Å². The number of methoxy groups -OCH3 is 2. The van der Waals surface area contributed by atoms with E-state index in [9.17, 15) is 9.59 Å². The highest BCUT2D eigenvalue weighted by Gasteiger charge is 2.25. The summed E-state index contributed by atoms with van der Waals surface area (Å²) in [6.45, 7) is 6.72. The second-order valence-corrected chi connectivity index (χ2v) is 5.23. The molecule has 0 bridgehead atoms. The topological polar surface area (TPSA) is 69.0 Å². The highest BCUT2D eigenvalue weighted by atomic mass is 16.5. The molecule has 1 aromatic rings. The number of esters is 1. The van der Waals surface area contributed by atoms with Gasteiger partial charge in [-0.2, -0.15) is 0 Å². The monoisotopic (exact) mass is 311 g/mol. The molecule has 6 nitrogen and oxygen atoms in total. The molecule has 0 fully saturated rings. The van der Waals surface area contributed by atoms with E-state index in [1.54, 1.807) is 12.0 Å². The van der Waals surface area contributed by atoms with E-state index in [4.69, 9.17) is 9.15 Å². The lowest BCUT2D eigenvalue weighted by Gasteiger charge is -2.25. The number of aryl methyl sites for hydroxylation is 2. The largest absolute Gasteiger partial charge is 0.469 e. The van der Waals surface area contributed by atoms with Crippen LogP contribution < -0.4 is 0 Å². The van der Waals surface area contributed by atoms with Gasteiger partial charge in [0.1, 0.15) is 11.5 Å². The van der Waals surface area contributed by atoms with Gasteiger partial charge in [0.2, 0.25) is 5.91 Å². The lowest BCUT2D eigenvalue weighted by atomic mass is 10.00. The average molecular weight is 311 g/mol. The van der Waals surface area contributed by atoms with Gasteiger partial charge in [-0.05, 0) is 26.8 Å². The number of carbonyl (C=O) groups is 2. The fraction of sp³-hybridized carbons (Fsp3) is 0.625. The second kappa shape index (κ2) is 8.58. The van der Waals surface area contributed by atoms with Crippen molar-refractivity contribution in [2.75, 3.05) is 33.9 Å². The number of carbonyl (C=O) groups excluding carboxylic acids is 2. The Morgan fingerprint density at radius 1 is 1.27 bits per heavy atom. The first kappa shape index (κ1) is 18.2. The Morgan fingerprint density at radius 2 is 1.95 bits per heavy atom. The van der Waals surface area contributed by atoms with Crippen molar-refractivity contribution in [1.82, 2.24) is 4.90 Å². The highest BCUT2D eigenvalue weighted by molar-refractivity contribution is 5.84. The van der Waals surface area contributed by atoms with Gasteiger partial charge < -0.3 is 18.8 Å². The van der Waals surface area contributed by atoms with E-state index in [2.05, 4.69) is 4.74 Å². The van der Waals surface area contributed by atoms with Gasteiger partial charge in [0, 0.05) is 25.8 Å². The summed E-state index contributed by atoms with van der Waals surface area (Å²) in [4.78, 5) is 25.6. The summed E-state index contributed by atoms with van der Waals surface area (Å²) in [6, 6.07) is 1.88. The summed E-state index contributed by atoms with van der Waals surface area (Å²) in [5, 5.41) is 0. The lowest BCUT2D eigenvalue weighted by molar-refractivity contribution is -0.142. The minimum Gasteiger partial charge on any atom is -0.469 e. The molecule has 0 aliphatic rings. The lowest BCUT2D eigenvalue weighted by Crippen LogP contribution is -2.38. The van der Waals surface area contributed by atoms with Gasteiger partial charge in [-0.25, -0.2) is 0 Å². The summed E-state index contributed by atoms with van der Waals surface area (Å²) < 4.78 is 15.2. The van der Waals surface area contributed by atoms with Crippen molar-refractivity contribution in [1.29, 1.82) is 0 Å². The quantitative estimate of drug-likeness (QED) is 0.687. The second-order valence-electron chi connectivity index (χ2n) is 5.23. The van der Waals surface area contributed by atoms with E-state index in [1.165, 1.54) is 7.11 Å². The van der Waals surface area contributed by atoms with Crippen LogP contribution in [0.5, 0.6) is 0 Å². The molecule has 6 heteroatoms. The van der Waals surface area contributed by atoms with Gasteiger partial charge in [-0.1, -0.05) is 0 Å². The third kappa shape index (κ3) is 4.87. The van der Waals surface area contributed by atoms with Gasteiger partial charge in [0.25, 0.3) is 0 Å². The van der Waals surface area contributed by atoms with Crippen LogP contribution >= 0.6 is 0 Å². The number of ether oxygens (including phenoxy) is 2. The number of nitrogens with zero attached hydrogens (tertiary/aromatic N) is 1. The van der Waals surface area contributed by atoms with Crippen LogP contribution in [0.3, 0.4) is 0 Å². The number of hydrogen-bond acceptors (Lipinski definition) is 5. The van der Waals surface area contributed by atoms with Crippen LogP contribution in [0, 0.1) is 13.8 Å². The first-order chi connectivity index (χ1) is 10.4. The third-order valence-electron chi connectivity index (χ3n) is 3.61. The Bertz CT molecular complexity index is 509. The molecule has 0 saturated carbocycles. The molecule has 22 heavy (non-hydrogen) atoms. The summed E-state index contributed by atoms with van der Waals surface area (Å²) in [5.41, 5.74) is 0.878. The van der Waals surface area contributed by atoms with E-state index < -0.39 is 0 Å². The Labute approximate surface area is 131 Å². The maximum absolute atomic E-state index is 12.7. The van der Waals surface area contributed by atoms with Gasteiger partial charge in [0.05, 0.1) is 26.1 Å². The normalized spacial score (nSPS) is 12.0. The van der Waals surface area contributed by atoms with Crippen molar-refractivity contribution in [3.8, 4) is 0 Å². The zero-order chi connectivity index (χ0) is 16.7. The minimum absolute atomic E-state index is 0.0511. The number of hydrogen-bond donors (Lipinski definition) is 0. The fourth-order valence-electron chi connectivity index (χ4n) is 2.35. The van der Waals surface area contributed by atoms with Crippen molar-refractivity contribution in [2.24, 2.45) is 0 Å². The molecular weight excluding hydrogens is 286 g/mol. The molecule has 0 spiro atoms. The smallest absolute Gasteiger partial charge is 0.307 e. The van der Waals surface area contributed by atoms with Crippen LogP contribution in [0.25, 0.3) is 0 Å². The van der Waals surface area contributed by atoms with Gasteiger partial charge in [0.15, 0.2) is 0 Å². The summed E-state index contributed by atoms with van der Waals surface area (Å²) in [7, 11) is 2.92. The van der Waals surface area contributed by atoms with E-state index >= 15 is 0 Å². The molecule has 0 aliphatic carbocycles. The summed E-state index contributed by atoms with van der Waals surface area (Å²) in [6.07, 6.45) is 0.169. The molecule has 1 atom stereocenters. The van der Waals surface area contributed by atoms with Crippen LogP contribution in [0.2, 0.25) is 0 Å². The minimum atomic E-state index is -0.335. The van der Waals surface area contributed by atoms with Gasteiger partial charge >= 0.3 is 5.97 Å². The highest BCUT2D eigenvalue weighted by Crippen LogP contribution is 2.25. The predicted molar refractivity (Wildman–Crippen MR) is 81.7 cm³/mol. The SMILES string of the molecule is COCCN(CCC(=O)OC)C(=O)C(C)c1cc(C)oc1C.